The number of carbonyl (C=O) groups excluding carboxylic acids is 1. The van der Waals surface area contributed by atoms with Crippen LogP contribution in [0.15, 0.2) is 12.1 Å². The molecule has 0 radical (unpaired) electrons. The van der Waals surface area contributed by atoms with E-state index in [0.717, 1.165) is 25.8 Å². The Labute approximate surface area is 137 Å². The van der Waals surface area contributed by atoms with Gasteiger partial charge in [0.25, 0.3) is 0 Å². The molecule has 1 aliphatic heterocycles. The summed E-state index contributed by atoms with van der Waals surface area (Å²) in [5.41, 5.74) is 11.4. The van der Waals surface area contributed by atoms with Gasteiger partial charge in [-0.1, -0.05) is 0 Å². The topological polar surface area (TPSA) is 106 Å². The van der Waals surface area contributed by atoms with Crippen LogP contribution in [0.4, 0.5) is 22.1 Å². The zero-order chi connectivity index (χ0) is 17.0. The van der Waals surface area contributed by atoms with Crippen molar-refractivity contribution >= 4 is 23.4 Å². The van der Waals surface area contributed by atoms with Crippen molar-refractivity contribution in [1.29, 1.82) is 0 Å². The van der Waals surface area contributed by atoms with Crippen molar-refractivity contribution in [2.75, 3.05) is 29.9 Å². The molecule has 7 nitrogen and oxygen atoms in total. The van der Waals surface area contributed by atoms with Crippen molar-refractivity contribution in [2.24, 2.45) is 0 Å². The number of amides is 1. The second kappa shape index (κ2) is 6.93. The molecule has 1 amide bonds. The zero-order valence-electron chi connectivity index (χ0n) is 14.1. The van der Waals surface area contributed by atoms with Crippen LogP contribution in [-0.4, -0.2) is 40.7 Å². The number of aromatic nitrogens is 1. The van der Waals surface area contributed by atoms with Crippen molar-refractivity contribution in [3.63, 3.8) is 0 Å². The van der Waals surface area contributed by atoms with Crippen molar-refractivity contribution in [1.82, 2.24) is 9.88 Å². The number of ether oxygens (including phenoxy) is 1. The molecule has 1 aromatic heterocycles. The van der Waals surface area contributed by atoms with Gasteiger partial charge in [-0.15, -0.1) is 0 Å². The highest BCUT2D eigenvalue weighted by molar-refractivity contribution is 5.69. The number of nitrogen functional groups attached to an aromatic ring is 2. The Morgan fingerprint density at radius 3 is 2.78 bits per heavy atom. The lowest BCUT2D eigenvalue weighted by atomic mass is 10.0. The van der Waals surface area contributed by atoms with Crippen LogP contribution >= 0.6 is 0 Å². The maximum absolute atomic E-state index is 12.4. The molecule has 23 heavy (non-hydrogen) atoms. The molecule has 7 heteroatoms. The molecule has 1 saturated heterocycles. The SMILES string of the molecule is CC(C)(C)OC(=O)N1CCCCC1CNc1ccc(N)c(N)n1. The zero-order valence-corrected chi connectivity index (χ0v) is 14.1. The van der Waals surface area contributed by atoms with Gasteiger partial charge in [0.05, 0.1) is 11.7 Å². The van der Waals surface area contributed by atoms with Gasteiger partial charge >= 0.3 is 6.09 Å². The number of hydrogen-bond donors (Lipinski definition) is 3. The molecule has 0 saturated carbocycles. The Morgan fingerprint density at radius 2 is 2.13 bits per heavy atom. The van der Waals surface area contributed by atoms with E-state index in [2.05, 4.69) is 10.3 Å². The number of piperidine rings is 1. The van der Waals surface area contributed by atoms with E-state index in [4.69, 9.17) is 16.2 Å². The second-order valence-electron chi connectivity index (χ2n) is 6.88. The van der Waals surface area contributed by atoms with Gasteiger partial charge in [0.2, 0.25) is 0 Å². The first-order chi connectivity index (χ1) is 10.8. The summed E-state index contributed by atoms with van der Waals surface area (Å²) in [7, 11) is 0. The van der Waals surface area contributed by atoms with Crippen molar-refractivity contribution in [3.05, 3.63) is 12.1 Å². The fourth-order valence-electron chi connectivity index (χ4n) is 2.58. The van der Waals surface area contributed by atoms with Gasteiger partial charge in [-0.05, 0) is 52.2 Å². The van der Waals surface area contributed by atoms with Gasteiger partial charge in [0, 0.05) is 13.1 Å². The van der Waals surface area contributed by atoms with E-state index >= 15 is 0 Å². The number of pyridine rings is 1. The van der Waals surface area contributed by atoms with Crippen LogP contribution in [0.5, 0.6) is 0 Å². The molecule has 1 fully saturated rings. The second-order valence-corrected chi connectivity index (χ2v) is 6.88. The molecule has 0 aromatic carbocycles. The first-order valence-corrected chi connectivity index (χ1v) is 8.02. The van der Waals surface area contributed by atoms with Gasteiger partial charge < -0.3 is 26.4 Å². The lowest BCUT2D eigenvalue weighted by Crippen LogP contribution is -2.48. The molecule has 1 aromatic rings. The third kappa shape index (κ3) is 4.91. The Kier molecular flexibility index (Phi) is 5.18. The quantitative estimate of drug-likeness (QED) is 0.789. The normalized spacial score (nSPS) is 18.6. The maximum Gasteiger partial charge on any atom is 0.410 e. The monoisotopic (exact) mass is 321 g/mol. The lowest BCUT2D eigenvalue weighted by Gasteiger charge is -2.36. The minimum absolute atomic E-state index is 0.0826. The summed E-state index contributed by atoms with van der Waals surface area (Å²) in [5, 5.41) is 3.23. The third-order valence-electron chi connectivity index (χ3n) is 3.73. The molecule has 2 rings (SSSR count). The summed E-state index contributed by atoms with van der Waals surface area (Å²) < 4.78 is 5.50. The number of hydrogen-bond acceptors (Lipinski definition) is 6. The minimum atomic E-state index is -0.487. The molecule has 0 aliphatic carbocycles. The van der Waals surface area contributed by atoms with E-state index in [-0.39, 0.29) is 12.1 Å². The fourth-order valence-corrected chi connectivity index (χ4v) is 2.58. The van der Waals surface area contributed by atoms with Crippen molar-refractivity contribution < 1.29 is 9.53 Å². The summed E-state index contributed by atoms with van der Waals surface area (Å²) in [6.07, 6.45) is 2.79. The number of nitrogens with one attached hydrogen (secondary N) is 1. The highest BCUT2D eigenvalue weighted by atomic mass is 16.6. The van der Waals surface area contributed by atoms with Gasteiger partial charge in [-0.2, -0.15) is 0 Å². The van der Waals surface area contributed by atoms with Crippen LogP contribution in [0.3, 0.4) is 0 Å². The van der Waals surface area contributed by atoms with Crippen LogP contribution < -0.4 is 16.8 Å². The molecule has 5 N–H and O–H groups in total. The predicted molar refractivity (Wildman–Crippen MR) is 92.1 cm³/mol. The number of nitrogens with zero attached hydrogens (tertiary/aromatic N) is 2. The molecule has 2 heterocycles. The van der Waals surface area contributed by atoms with Crippen LogP contribution in [0.2, 0.25) is 0 Å². The molecule has 0 spiro atoms. The standard InChI is InChI=1S/C16H27N5O2/c1-16(2,3)23-15(22)21-9-5-4-6-11(21)10-19-13-8-7-12(17)14(18)20-13/h7-8,11H,4-6,9-10,17H2,1-3H3,(H3,18,19,20). The first-order valence-electron chi connectivity index (χ1n) is 8.02. The molecular weight excluding hydrogens is 294 g/mol. The molecule has 1 unspecified atom stereocenters. The van der Waals surface area contributed by atoms with E-state index < -0.39 is 5.60 Å². The average molecular weight is 321 g/mol. The largest absolute Gasteiger partial charge is 0.444 e. The van der Waals surface area contributed by atoms with Crippen molar-refractivity contribution in [3.8, 4) is 0 Å². The summed E-state index contributed by atoms with van der Waals surface area (Å²) >= 11 is 0. The van der Waals surface area contributed by atoms with Crippen LogP contribution in [-0.2, 0) is 4.74 Å². The molecule has 1 atom stereocenters. The molecule has 0 bridgehead atoms. The Hall–Kier alpha value is -2.18. The van der Waals surface area contributed by atoms with E-state index in [1.54, 1.807) is 12.1 Å². The van der Waals surface area contributed by atoms with Crippen LogP contribution in [0.25, 0.3) is 0 Å². The highest BCUT2D eigenvalue weighted by Crippen LogP contribution is 2.21. The minimum Gasteiger partial charge on any atom is -0.444 e. The maximum atomic E-state index is 12.4. The van der Waals surface area contributed by atoms with Crippen LogP contribution in [0, 0.1) is 0 Å². The van der Waals surface area contributed by atoms with Gasteiger partial charge in [0.15, 0.2) is 0 Å². The van der Waals surface area contributed by atoms with Gasteiger partial charge in [-0.3, -0.25) is 0 Å². The summed E-state index contributed by atoms with van der Waals surface area (Å²) in [4.78, 5) is 18.4. The smallest absolute Gasteiger partial charge is 0.410 e. The number of likely N-dealkylation sites (tertiary alicyclic amines) is 1. The van der Waals surface area contributed by atoms with Crippen LogP contribution in [0.1, 0.15) is 40.0 Å². The fraction of sp³-hybridized carbons (Fsp3) is 0.625. The van der Waals surface area contributed by atoms with E-state index in [0.29, 0.717) is 23.9 Å². The molecule has 128 valence electrons. The third-order valence-corrected chi connectivity index (χ3v) is 3.73. The number of anilines is 3. The Morgan fingerprint density at radius 1 is 1.39 bits per heavy atom. The van der Waals surface area contributed by atoms with E-state index in [1.807, 2.05) is 25.7 Å². The summed E-state index contributed by atoms with van der Waals surface area (Å²) in [6.45, 7) is 6.96. The molecular formula is C16H27N5O2. The van der Waals surface area contributed by atoms with Gasteiger partial charge in [-0.25, -0.2) is 9.78 Å². The number of rotatable bonds is 3. The summed E-state index contributed by atoms with van der Waals surface area (Å²) in [6, 6.07) is 3.59. The molecule has 1 aliphatic rings. The first kappa shape index (κ1) is 17.2. The highest BCUT2D eigenvalue weighted by Gasteiger charge is 2.30. The Balaban J connectivity index is 1.98. The lowest BCUT2D eigenvalue weighted by molar-refractivity contribution is 0.0114. The van der Waals surface area contributed by atoms with E-state index in [1.165, 1.54) is 0 Å². The Bertz CT molecular complexity index is 556. The average Bonchev–Trinajstić information content (AvgIpc) is 2.47. The van der Waals surface area contributed by atoms with Crippen molar-refractivity contribution in [2.45, 2.75) is 51.7 Å². The van der Waals surface area contributed by atoms with E-state index in [9.17, 15) is 4.79 Å². The van der Waals surface area contributed by atoms with Gasteiger partial charge in [0.1, 0.15) is 17.2 Å². The predicted octanol–water partition coefficient (Wildman–Crippen LogP) is 2.45. The summed E-state index contributed by atoms with van der Waals surface area (Å²) in [5.74, 6) is 0.967. The number of carbonyl (C=O) groups is 1. The number of nitrogens with two attached hydrogens (primary N) is 2.